The van der Waals surface area contributed by atoms with Gasteiger partial charge < -0.3 is 5.32 Å². The summed E-state index contributed by atoms with van der Waals surface area (Å²) in [4.78, 5) is 12.8. The highest BCUT2D eigenvalue weighted by Gasteiger charge is 2.23. The van der Waals surface area contributed by atoms with Crippen LogP contribution in [0.15, 0.2) is 72.8 Å². The van der Waals surface area contributed by atoms with Crippen LogP contribution in [0, 0.1) is 0 Å². The topological polar surface area (TPSA) is 57.8 Å². The number of carbonyl (C=O) groups excluding carboxylic acids is 1. The third kappa shape index (κ3) is 3.97. The van der Waals surface area contributed by atoms with E-state index in [9.17, 15) is 4.79 Å². The highest BCUT2D eigenvalue weighted by molar-refractivity contribution is 6.36. The summed E-state index contributed by atoms with van der Waals surface area (Å²) in [5.74, 6) is -0.0658. The van der Waals surface area contributed by atoms with Crippen LogP contribution in [0.4, 0.5) is 0 Å². The summed E-state index contributed by atoms with van der Waals surface area (Å²) in [7, 11) is 0. The Bertz CT molecular complexity index is 1260. The predicted molar refractivity (Wildman–Crippen MR) is 124 cm³/mol. The maximum Gasteiger partial charge on any atom is 0.251 e. The van der Waals surface area contributed by atoms with E-state index < -0.39 is 0 Å². The Balaban J connectivity index is 1.31. The fraction of sp³-hybridized carbons (Fsp3) is 0.120. The van der Waals surface area contributed by atoms with Crippen LogP contribution < -0.4 is 5.32 Å². The lowest BCUT2D eigenvalue weighted by Gasteiger charge is -2.14. The second kappa shape index (κ2) is 8.22. The first kappa shape index (κ1) is 19.9. The molecule has 1 amide bonds. The molecule has 0 aliphatic heterocycles. The fourth-order valence-electron chi connectivity index (χ4n) is 4.06. The van der Waals surface area contributed by atoms with Crippen LogP contribution in [0.25, 0.3) is 22.5 Å². The number of nitrogens with zero attached hydrogens (tertiary/aromatic N) is 1. The normalized spacial score (nSPS) is 15.0. The van der Waals surface area contributed by atoms with Gasteiger partial charge in [0.15, 0.2) is 0 Å². The van der Waals surface area contributed by atoms with Gasteiger partial charge in [0, 0.05) is 21.7 Å². The monoisotopic (exact) mass is 447 g/mol. The number of carbonyl (C=O) groups is 1. The van der Waals surface area contributed by atoms with Gasteiger partial charge in [-0.1, -0.05) is 59.6 Å². The van der Waals surface area contributed by atoms with Crippen molar-refractivity contribution < 1.29 is 4.79 Å². The Morgan fingerprint density at radius 2 is 1.81 bits per heavy atom. The molecule has 2 N–H and O–H groups in total. The van der Waals surface area contributed by atoms with Crippen LogP contribution in [0.3, 0.4) is 0 Å². The van der Waals surface area contributed by atoms with E-state index in [2.05, 4.69) is 27.6 Å². The number of fused-ring (bicyclic) bond motifs is 1. The Hall–Kier alpha value is -3.08. The number of halogens is 2. The molecule has 0 radical (unpaired) electrons. The first-order valence-corrected chi connectivity index (χ1v) is 10.8. The maximum absolute atomic E-state index is 12.8. The SMILES string of the molecule is O=C(N[C@H]1CCc2ccccc21)c1ccc(-c2cc(-c3ccc(Cl)cc3Cl)[nH]n2)cc1. The zero-order chi connectivity index (χ0) is 21.4. The number of aromatic nitrogens is 2. The molecule has 0 unspecified atom stereocenters. The number of hydrogen-bond donors (Lipinski definition) is 2. The number of nitrogens with one attached hydrogen (secondary N) is 2. The van der Waals surface area contributed by atoms with Gasteiger partial charge in [-0.3, -0.25) is 9.89 Å². The molecule has 4 aromatic rings. The van der Waals surface area contributed by atoms with Crippen LogP contribution in [0.2, 0.25) is 10.0 Å². The molecule has 0 spiro atoms. The summed E-state index contributed by atoms with van der Waals surface area (Å²) in [5.41, 5.74) is 6.49. The highest BCUT2D eigenvalue weighted by Crippen LogP contribution is 2.32. The summed E-state index contributed by atoms with van der Waals surface area (Å²) in [6, 6.07) is 23.1. The minimum absolute atomic E-state index is 0.0658. The van der Waals surface area contributed by atoms with Gasteiger partial charge in [-0.05, 0) is 60.4 Å². The van der Waals surface area contributed by atoms with Crippen LogP contribution in [-0.4, -0.2) is 16.1 Å². The molecule has 4 nitrogen and oxygen atoms in total. The number of rotatable bonds is 4. The van der Waals surface area contributed by atoms with Crippen molar-refractivity contribution in [2.75, 3.05) is 0 Å². The molecule has 154 valence electrons. The number of benzene rings is 3. The van der Waals surface area contributed by atoms with E-state index in [4.69, 9.17) is 23.2 Å². The average Bonchev–Trinajstić information content (AvgIpc) is 3.42. The van der Waals surface area contributed by atoms with Crippen molar-refractivity contribution in [1.29, 1.82) is 0 Å². The summed E-state index contributed by atoms with van der Waals surface area (Å²) in [6.07, 6.45) is 1.94. The zero-order valence-electron chi connectivity index (χ0n) is 16.5. The van der Waals surface area contributed by atoms with Crippen LogP contribution in [0.1, 0.15) is 33.9 Å². The fourth-order valence-corrected chi connectivity index (χ4v) is 4.57. The van der Waals surface area contributed by atoms with Crippen molar-refractivity contribution in [3.05, 3.63) is 99.5 Å². The van der Waals surface area contributed by atoms with Gasteiger partial charge in [-0.25, -0.2) is 0 Å². The third-order valence-electron chi connectivity index (χ3n) is 5.68. The molecule has 6 heteroatoms. The van der Waals surface area contributed by atoms with Crippen LogP contribution in [-0.2, 0) is 6.42 Å². The molecule has 0 saturated heterocycles. The lowest BCUT2D eigenvalue weighted by molar-refractivity contribution is 0.0936. The zero-order valence-corrected chi connectivity index (χ0v) is 18.0. The molecule has 1 atom stereocenters. The van der Waals surface area contributed by atoms with Gasteiger partial charge in [0.05, 0.1) is 22.5 Å². The van der Waals surface area contributed by atoms with E-state index in [1.165, 1.54) is 11.1 Å². The quantitative estimate of drug-likeness (QED) is 0.376. The van der Waals surface area contributed by atoms with Crippen LogP contribution in [0.5, 0.6) is 0 Å². The van der Waals surface area contributed by atoms with Crippen molar-refractivity contribution in [3.8, 4) is 22.5 Å². The minimum Gasteiger partial charge on any atom is -0.345 e. The van der Waals surface area contributed by atoms with E-state index in [0.29, 0.717) is 15.6 Å². The minimum atomic E-state index is -0.0658. The molecule has 1 aliphatic rings. The molecular formula is C25H19Cl2N3O. The van der Waals surface area contributed by atoms with E-state index >= 15 is 0 Å². The molecule has 1 heterocycles. The number of amides is 1. The first-order valence-electron chi connectivity index (χ1n) is 10.1. The van der Waals surface area contributed by atoms with Crippen LogP contribution >= 0.6 is 23.2 Å². The van der Waals surface area contributed by atoms with Gasteiger partial charge >= 0.3 is 0 Å². The Kier molecular flexibility index (Phi) is 5.26. The molecule has 31 heavy (non-hydrogen) atoms. The molecular weight excluding hydrogens is 429 g/mol. The van der Waals surface area contributed by atoms with Gasteiger partial charge in [-0.15, -0.1) is 0 Å². The Labute approximate surface area is 190 Å². The average molecular weight is 448 g/mol. The predicted octanol–water partition coefficient (Wildman–Crippen LogP) is 6.47. The highest BCUT2D eigenvalue weighted by atomic mass is 35.5. The summed E-state index contributed by atoms with van der Waals surface area (Å²) in [6.45, 7) is 0. The van der Waals surface area contributed by atoms with Crippen molar-refractivity contribution >= 4 is 29.1 Å². The van der Waals surface area contributed by atoms with Crippen molar-refractivity contribution in [2.24, 2.45) is 0 Å². The van der Waals surface area contributed by atoms with Crippen molar-refractivity contribution in [1.82, 2.24) is 15.5 Å². The summed E-state index contributed by atoms with van der Waals surface area (Å²) < 4.78 is 0. The molecule has 0 fully saturated rings. The summed E-state index contributed by atoms with van der Waals surface area (Å²) >= 11 is 12.3. The molecule has 1 aliphatic carbocycles. The number of aromatic amines is 1. The van der Waals surface area contributed by atoms with Crippen molar-refractivity contribution in [3.63, 3.8) is 0 Å². The Morgan fingerprint density at radius 3 is 2.61 bits per heavy atom. The standard InChI is InChI=1S/C25H19Cl2N3O/c26-18-10-11-20(21(27)13-18)24-14-23(29-30-24)16-5-7-17(8-6-16)25(31)28-22-12-9-15-3-1-2-4-19(15)22/h1-8,10-11,13-14,22H,9,12H2,(H,28,31)(H,29,30)/t22-/m0/s1. The van der Waals surface area contributed by atoms with Gasteiger partial charge in [0.2, 0.25) is 0 Å². The summed E-state index contributed by atoms with van der Waals surface area (Å²) in [5, 5.41) is 11.7. The second-order valence-electron chi connectivity index (χ2n) is 7.63. The number of hydrogen-bond acceptors (Lipinski definition) is 2. The second-order valence-corrected chi connectivity index (χ2v) is 8.48. The lowest BCUT2D eigenvalue weighted by atomic mass is 10.1. The molecule has 0 saturated carbocycles. The Morgan fingerprint density at radius 1 is 1.00 bits per heavy atom. The van der Waals surface area contributed by atoms with E-state index in [-0.39, 0.29) is 11.9 Å². The third-order valence-corrected chi connectivity index (χ3v) is 6.23. The lowest BCUT2D eigenvalue weighted by Crippen LogP contribution is -2.27. The smallest absolute Gasteiger partial charge is 0.251 e. The van der Waals surface area contributed by atoms with Gasteiger partial charge in [-0.2, -0.15) is 5.10 Å². The van der Waals surface area contributed by atoms with Gasteiger partial charge in [0.25, 0.3) is 5.91 Å². The maximum atomic E-state index is 12.8. The molecule has 3 aromatic carbocycles. The van der Waals surface area contributed by atoms with E-state index in [1.807, 2.05) is 48.5 Å². The number of aryl methyl sites for hydroxylation is 1. The first-order chi connectivity index (χ1) is 15.1. The van der Waals surface area contributed by atoms with Gasteiger partial charge in [0.1, 0.15) is 0 Å². The molecule has 5 rings (SSSR count). The molecule has 0 bridgehead atoms. The van der Waals surface area contributed by atoms with E-state index in [0.717, 1.165) is 35.4 Å². The molecule has 1 aromatic heterocycles. The largest absolute Gasteiger partial charge is 0.345 e. The van der Waals surface area contributed by atoms with Crippen molar-refractivity contribution in [2.45, 2.75) is 18.9 Å². The number of H-pyrrole nitrogens is 1. The van der Waals surface area contributed by atoms with E-state index in [1.54, 1.807) is 12.1 Å².